The van der Waals surface area contributed by atoms with Crippen LogP contribution in [0.2, 0.25) is 5.02 Å². The number of rotatable bonds is 6. The predicted octanol–water partition coefficient (Wildman–Crippen LogP) is 3.29. The normalized spacial score (nSPS) is 16.9. The van der Waals surface area contributed by atoms with E-state index in [-0.39, 0.29) is 18.2 Å². The fraction of sp³-hybridized carbons (Fsp3) is 0.238. The molecule has 1 unspecified atom stereocenters. The molecule has 0 bridgehead atoms. The third-order valence-corrected chi connectivity index (χ3v) is 5.22. The summed E-state index contributed by atoms with van der Waals surface area (Å²) < 4.78 is 5.29. The number of nitrogens with zero attached hydrogens (tertiary/aromatic N) is 1. The van der Waals surface area contributed by atoms with Gasteiger partial charge in [0.1, 0.15) is 5.75 Å². The number of benzene rings is 2. The topological polar surface area (TPSA) is 74.4 Å². The van der Waals surface area contributed by atoms with E-state index in [1.807, 2.05) is 24.4 Å². The van der Waals surface area contributed by atoms with Crippen LogP contribution in [-0.2, 0) is 16.0 Å². The molecule has 144 valence electrons. The molecule has 2 N–H and O–H groups in total. The quantitative estimate of drug-likeness (QED) is 0.626. The van der Waals surface area contributed by atoms with Gasteiger partial charge in [0.15, 0.2) is 0 Å². The number of nitrogens with one attached hydrogen (secondary N) is 2. The second-order valence-corrected chi connectivity index (χ2v) is 7.14. The zero-order valence-corrected chi connectivity index (χ0v) is 16.1. The van der Waals surface area contributed by atoms with E-state index in [9.17, 15) is 9.59 Å². The Hall–Kier alpha value is -2.83. The van der Waals surface area contributed by atoms with E-state index in [1.165, 1.54) is 18.1 Å². The minimum atomic E-state index is -0.554. The van der Waals surface area contributed by atoms with Crippen molar-refractivity contribution >= 4 is 40.0 Å². The Morgan fingerprint density at radius 2 is 2.07 bits per heavy atom. The largest absolute Gasteiger partial charge is 0.495 e. The molecule has 1 aromatic heterocycles. The summed E-state index contributed by atoms with van der Waals surface area (Å²) in [4.78, 5) is 29.7. The SMILES string of the molecule is COc1ccc(Cl)cc1N1C(=O)CC(NCCc2c[nH]c3ccccc23)C1=O. The van der Waals surface area contributed by atoms with E-state index in [2.05, 4.69) is 16.4 Å². The molecule has 28 heavy (non-hydrogen) atoms. The Bertz CT molecular complexity index is 1050. The lowest BCUT2D eigenvalue weighted by molar-refractivity contribution is -0.121. The molecule has 0 radical (unpaired) electrons. The van der Waals surface area contributed by atoms with Crippen LogP contribution in [0.15, 0.2) is 48.7 Å². The molecule has 2 aromatic carbocycles. The van der Waals surface area contributed by atoms with E-state index in [0.717, 1.165) is 16.8 Å². The van der Waals surface area contributed by atoms with Crippen LogP contribution >= 0.6 is 11.6 Å². The molecular formula is C21H20ClN3O3. The highest BCUT2D eigenvalue weighted by Crippen LogP contribution is 2.34. The van der Waals surface area contributed by atoms with Crippen LogP contribution in [0.4, 0.5) is 5.69 Å². The minimum Gasteiger partial charge on any atom is -0.495 e. The Balaban J connectivity index is 1.45. The fourth-order valence-electron chi connectivity index (χ4n) is 3.60. The second kappa shape index (κ2) is 7.66. The van der Waals surface area contributed by atoms with Crippen LogP contribution in [-0.4, -0.2) is 36.5 Å². The average molecular weight is 398 g/mol. The molecular weight excluding hydrogens is 378 g/mol. The van der Waals surface area contributed by atoms with Gasteiger partial charge in [0.2, 0.25) is 5.91 Å². The lowest BCUT2D eigenvalue weighted by Crippen LogP contribution is -2.39. The molecule has 0 spiro atoms. The fourth-order valence-corrected chi connectivity index (χ4v) is 3.77. The summed E-state index contributed by atoms with van der Waals surface area (Å²) >= 11 is 6.05. The number of aromatic nitrogens is 1. The molecule has 3 aromatic rings. The lowest BCUT2D eigenvalue weighted by Gasteiger charge is -2.18. The number of hydrogen-bond acceptors (Lipinski definition) is 4. The van der Waals surface area contributed by atoms with E-state index in [1.54, 1.807) is 18.2 Å². The van der Waals surface area contributed by atoms with Gasteiger partial charge in [-0.15, -0.1) is 0 Å². The van der Waals surface area contributed by atoms with Gasteiger partial charge in [-0.05, 0) is 36.2 Å². The number of H-pyrrole nitrogens is 1. The number of carbonyl (C=O) groups excluding carboxylic acids is 2. The highest BCUT2D eigenvalue weighted by molar-refractivity contribution is 6.31. The van der Waals surface area contributed by atoms with E-state index < -0.39 is 6.04 Å². The number of halogens is 1. The Kier molecular flexibility index (Phi) is 5.07. The first-order valence-corrected chi connectivity index (χ1v) is 9.45. The molecule has 2 heterocycles. The smallest absolute Gasteiger partial charge is 0.251 e. The van der Waals surface area contributed by atoms with Crippen LogP contribution in [0.25, 0.3) is 10.9 Å². The van der Waals surface area contributed by atoms with Crippen molar-refractivity contribution < 1.29 is 14.3 Å². The number of imide groups is 1. The minimum absolute atomic E-state index is 0.113. The molecule has 7 heteroatoms. The molecule has 1 atom stereocenters. The summed E-state index contributed by atoms with van der Waals surface area (Å²) in [6.45, 7) is 0.589. The zero-order valence-electron chi connectivity index (χ0n) is 15.4. The van der Waals surface area contributed by atoms with Crippen LogP contribution < -0.4 is 15.0 Å². The third-order valence-electron chi connectivity index (χ3n) is 4.99. The average Bonchev–Trinajstić information content (AvgIpc) is 3.22. The molecule has 1 fully saturated rings. The number of anilines is 1. The van der Waals surface area contributed by atoms with Crippen LogP contribution in [0.3, 0.4) is 0 Å². The molecule has 1 aliphatic rings. The summed E-state index contributed by atoms with van der Waals surface area (Å²) in [7, 11) is 1.49. The van der Waals surface area contributed by atoms with Crippen LogP contribution in [0.1, 0.15) is 12.0 Å². The Morgan fingerprint density at radius 1 is 1.25 bits per heavy atom. The summed E-state index contributed by atoms with van der Waals surface area (Å²) in [5.74, 6) is -0.120. The molecule has 0 saturated carbocycles. The van der Waals surface area contributed by atoms with Crippen molar-refractivity contribution in [1.82, 2.24) is 10.3 Å². The molecule has 4 rings (SSSR count). The number of carbonyl (C=O) groups is 2. The number of methoxy groups -OCH3 is 1. The maximum atomic E-state index is 12.8. The summed E-state index contributed by atoms with van der Waals surface area (Å²) in [6, 6.07) is 12.4. The first kappa shape index (κ1) is 18.5. The van der Waals surface area contributed by atoms with Crippen LogP contribution in [0.5, 0.6) is 5.75 Å². The van der Waals surface area contributed by atoms with E-state index >= 15 is 0 Å². The number of hydrogen-bond donors (Lipinski definition) is 2. The molecule has 0 aliphatic carbocycles. The standard InChI is InChI=1S/C21H20ClN3O3/c1-28-19-7-6-14(22)10-18(19)25-20(26)11-17(21(25)27)23-9-8-13-12-24-16-5-3-2-4-15(13)16/h2-7,10,12,17,23-24H,8-9,11H2,1H3. The predicted molar refractivity (Wildman–Crippen MR) is 109 cm³/mol. The van der Waals surface area contributed by atoms with Gasteiger partial charge < -0.3 is 15.0 Å². The van der Waals surface area contributed by atoms with Crippen molar-refractivity contribution in [2.45, 2.75) is 18.9 Å². The Morgan fingerprint density at radius 3 is 2.89 bits per heavy atom. The van der Waals surface area contributed by atoms with Crippen molar-refractivity contribution in [3.63, 3.8) is 0 Å². The maximum Gasteiger partial charge on any atom is 0.251 e. The van der Waals surface area contributed by atoms with Gasteiger partial charge in [-0.3, -0.25) is 9.59 Å². The van der Waals surface area contributed by atoms with Gasteiger partial charge in [-0.2, -0.15) is 0 Å². The van der Waals surface area contributed by atoms with Crippen LogP contribution in [0, 0.1) is 0 Å². The van der Waals surface area contributed by atoms with Crippen molar-refractivity contribution in [3.8, 4) is 5.75 Å². The summed E-state index contributed by atoms with van der Waals surface area (Å²) in [6.07, 6.45) is 2.85. The van der Waals surface area contributed by atoms with Gasteiger partial charge in [0.25, 0.3) is 5.91 Å². The van der Waals surface area contributed by atoms with Gasteiger partial charge in [0.05, 0.1) is 25.3 Å². The lowest BCUT2D eigenvalue weighted by atomic mass is 10.1. The summed E-state index contributed by atoms with van der Waals surface area (Å²) in [5, 5.41) is 4.82. The maximum absolute atomic E-state index is 12.8. The Labute approximate surface area is 167 Å². The first-order valence-electron chi connectivity index (χ1n) is 9.07. The summed E-state index contributed by atoms with van der Waals surface area (Å²) in [5.41, 5.74) is 2.64. The zero-order chi connectivity index (χ0) is 19.7. The van der Waals surface area contributed by atoms with Gasteiger partial charge >= 0.3 is 0 Å². The third kappa shape index (κ3) is 3.37. The van der Waals surface area contributed by atoms with E-state index in [0.29, 0.717) is 23.0 Å². The molecule has 1 aliphatic heterocycles. The molecule has 2 amide bonds. The number of amides is 2. The number of para-hydroxylation sites is 1. The van der Waals surface area contributed by atoms with Crippen molar-refractivity contribution in [1.29, 1.82) is 0 Å². The second-order valence-electron chi connectivity index (χ2n) is 6.70. The molecule has 6 nitrogen and oxygen atoms in total. The van der Waals surface area contributed by atoms with Crippen molar-refractivity contribution in [2.75, 3.05) is 18.6 Å². The first-order chi connectivity index (χ1) is 13.6. The highest BCUT2D eigenvalue weighted by Gasteiger charge is 2.40. The number of aromatic amines is 1. The van der Waals surface area contributed by atoms with E-state index in [4.69, 9.17) is 16.3 Å². The number of fused-ring (bicyclic) bond motifs is 1. The van der Waals surface area contributed by atoms with Gasteiger partial charge in [-0.1, -0.05) is 29.8 Å². The molecule has 1 saturated heterocycles. The highest BCUT2D eigenvalue weighted by atomic mass is 35.5. The van der Waals surface area contributed by atoms with Crippen molar-refractivity contribution in [2.24, 2.45) is 0 Å². The van der Waals surface area contributed by atoms with Gasteiger partial charge in [0, 0.05) is 28.7 Å². The number of ether oxygens (including phenoxy) is 1. The monoisotopic (exact) mass is 397 g/mol. The van der Waals surface area contributed by atoms with Crippen molar-refractivity contribution in [3.05, 3.63) is 59.2 Å². The van der Waals surface area contributed by atoms with Gasteiger partial charge in [-0.25, -0.2) is 4.90 Å².